The number of amides is 2. The number of hydrogen-bond donors (Lipinski definition) is 1. The second-order valence-corrected chi connectivity index (χ2v) is 6.11. The molecule has 142 valence electrons. The van der Waals surface area contributed by atoms with E-state index in [1.165, 1.54) is 0 Å². The summed E-state index contributed by atoms with van der Waals surface area (Å²) in [6.45, 7) is 0.277. The molecule has 1 saturated heterocycles. The maximum Gasteiger partial charge on any atom is 0.258 e. The van der Waals surface area contributed by atoms with E-state index >= 15 is 0 Å². The zero-order valence-electron chi connectivity index (χ0n) is 15.3. The van der Waals surface area contributed by atoms with Gasteiger partial charge in [0.1, 0.15) is 5.75 Å². The van der Waals surface area contributed by atoms with Crippen LogP contribution in [-0.4, -0.2) is 45.2 Å². The number of methoxy groups -OCH3 is 2. The number of carbonyl (C=O) groups is 2. The SMILES string of the molecule is COc1ccc(N2C[C@H](NC(=O)COc3ccccc3OC)CC2=O)cc1. The van der Waals surface area contributed by atoms with E-state index in [-0.39, 0.29) is 30.9 Å². The molecule has 2 aromatic rings. The lowest BCUT2D eigenvalue weighted by atomic mass is 10.2. The van der Waals surface area contributed by atoms with E-state index in [1.807, 2.05) is 18.2 Å². The Bertz CT molecular complexity index is 806. The van der Waals surface area contributed by atoms with Crippen molar-refractivity contribution in [2.24, 2.45) is 0 Å². The summed E-state index contributed by atoms with van der Waals surface area (Å²) in [5.74, 6) is 1.47. The van der Waals surface area contributed by atoms with Crippen LogP contribution >= 0.6 is 0 Å². The van der Waals surface area contributed by atoms with Crippen molar-refractivity contribution in [1.29, 1.82) is 0 Å². The van der Waals surface area contributed by atoms with Crippen molar-refractivity contribution in [3.63, 3.8) is 0 Å². The van der Waals surface area contributed by atoms with Gasteiger partial charge in [-0.05, 0) is 36.4 Å². The molecule has 0 spiro atoms. The normalized spacial score (nSPS) is 16.1. The molecule has 0 bridgehead atoms. The Morgan fingerprint density at radius 2 is 1.78 bits per heavy atom. The van der Waals surface area contributed by atoms with Crippen LogP contribution in [-0.2, 0) is 9.59 Å². The van der Waals surface area contributed by atoms with Crippen LogP contribution in [0.3, 0.4) is 0 Å². The Hall–Kier alpha value is -3.22. The topological polar surface area (TPSA) is 77.1 Å². The van der Waals surface area contributed by atoms with E-state index in [1.54, 1.807) is 49.5 Å². The van der Waals surface area contributed by atoms with Gasteiger partial charge < -0.3 is 24.4 Å². The van der Waals surface area contributed by atoms with Crippen molar-refractivity contribution >= 4 is 17.5 Å². The molecule has 1 aliphatic heterocycles. The van der Waals surface area contributed by atoms with E-state index < -0.39 is 0 Å². The van der Waals surface area contributed by atoms with Crippen molar-refractivity contribution in [3.8, 4) is 17.2 Å². The van der Waals surface area contributed by atoms with Gasteiger partial charge in [0.25, 0.3) is 5.91 Å². The number of benzene rings is 2. The van der Waals surface area contributed by atoms with Crippen molar-refractivity contribution in [2.75, 3.05) is 32.3 Å². The van der Waals surface area contributed by atoms with Gasteiger partial charge in [0.15, 0.2) is 18.1 Å². The third-order valence-corrected chi connectivity index (χ3v) is 4.30. The predicted octanol–water partition coefficient (Wildman–Crippen LogP) is 2.00. The predicted molar refractivity (Wildman–Crippen MR) is 100 cm³/mol. The number of para-hydroxylation sites is 2. The summed E-state index contributed by atoms with van der Waals surface area (Å²) in [6.07, 6.45) is 0.256. The van der Waals surface area contributed by atoms with Gasteiger partial charge in [-0.1, -0.05) is 12.1 Å². The van der Waals surface area contributed by atoms with Crippen LogP contribution in [0.1, 0.15) is 6.42 Å². The van der Waals surface area contributed by atoms with Crippen LogP contribution in [0.5, 0.6) is 17.2 Å². The molecule has 0 aromatic heterocycles. The van der Waals surface area contributed by atoms with Crippen LogP contribution in [0.25, 0.3) is 0 Å². The van der Waals surface area contributed by atoms with Crippen LogP contribution < -0.4 is 24.4 Å². The Balaban J connectivity index is 1.53. The molecule has 2 amide bonds. The molecule has 7 nitrogen and oxygen atoms in total. The molecule has 1 fully saturated rings. The van der Waals surface area contributed by atoms with E-state index in [0.29, 0.717) is 18.0 Å². The van der Waals surface area contributed by atoms with E-state index in [4.69, 9.17) is 14.2 Å². The second kappa shape index (κ2) is 8.44. The summed E-state index contributed by atoms with van der Waals surface area (Å²) in [4.78, 5) is 26.1. The Morgan fingerprint density at radius 1 is 1.07 bits per heavy atom. The average molecular weight is 370 g/mol. The minimum Gasteiger partial charge on any atom is -0.497 e. The summed E-state index contributed by atoms with van der Waals surface area (Å²) in [5.41, 5.74) is 0.780. The number of ether oxygens (including phenoxy) is 3. The fourth-order valence-corrected chi connectivity index (χ4v) is 2.97. The minimum atomic E-state index is -0.282. The molecule has 2 aromatic carbocycles. The molecule has 0 saturated carbocycles. The van der Waals surface area contributed by atoms with Crippen molar-refractivity contribution in [2.45, 2.75) is 12.5 Å². The summed E-state index contributed by atoms with van der Waals surface area (Å²) in [7, 11) is 3.13. The molecule has 1 aliphatic rings. The van der Waals surface area contributed by atoms with Gasteiger partial charge in [0.2, 0.25) is 5.91 Å². The molecule has 1 atom stereocenters. The molecular formula is C20H22N2O5. The zero-order valence-corrected chi connectivity index (χ0v) is 15.3. The standard InChI is InChI=1S/C20H22N2O5/c1-25-16-9-7-15(8-10-16)22-12-14(11-20(22)24)21-19(23)13-27-18-6-4-3-5-17(18)26-2/h3-10,14H,11-13H2,1-2H3,(H,21,23)/t14-/m1/s1. The molecule has 0 aliphatic carbocycles. The van der Waals surface area contributed by atoms with Crippen molar-refractivity contribution in [3.05, 3.63) is 48.5 Å². The number of rotatable bonds is 7. The highest BCUT2D eigenvalue weighted by Crippen LogP contribution is 2.26. The summed E-state index contributed by atoms with van der Waals surface area (Å²) in [6, 6.07) is 14.1. The van der Waals surface area contributed by atoms with E-state index in [9.17, 15) is 9.59 Å². The molecule has 1 N–H and O–H groups in total. The van der Waals surface area contributed by atoms with Gasteiger partial charge in [-0.25, -0.2) is 0 Å². The van der Waals surface area contributed by atoms with Crippen LogP contribution in [0, 0.1) is 0 Å². The zero-order chi connectivity index (χ0) is 19.2. The van der Waals surface area contributed by atoms with Crippen LogP contribution in [0.2, 0.25) is 0 Å². The number of carbonyl (C=O) groups excluding carboxylic acids is 2. The number of hydrogen-bond acceptors (Lipinski definition) is 5. The monoisotopic (exact) mass is 370 g/mol. The van der Waals surface area contributed by atoms with Gasteiger partial charge in [-0.3, -0.25) is 9.59 Å². The van der Waals surface area contributed by atoms with E-state index in [2.05, 4.69) is 5.32 Å². The van der Waals surface area contributed by atoms with Gasteiger partial charge in [-0.2, -0.15) is 0 Å². The Morgan fingerprint density at radius 3 is 2.44 bits per heavy atom. The lowest BCUT2D eigenvalue weighted by Crippen LogP contribution is -2.39. The minimum absolute atomic E-state index is 0.0314. The second-order valence-electron chi connectivity index (χ2n) is 6.11. The number of anilines is 1. The number of nitrogens with one attached hydrogen (secondary N) is 1. The third kappa shape index (κ3) is 4.49. The van der Waals surface area contributed by atoms with E-state index in [0.717, 1.165) is 11.4 Å². The first kappa shape index (κ1) is 18.6. The highest BCUT2D eigenvalue weighted by atomic mass is 16.5. The highest BCUT2D eigenvalue weighted by Gasteiger charge is 2.31. The molecule has 7 heteroatoms. The molecule has 0 radical (unpaired) electrons. The highest BCUT2D eigenvalue weighted by molar-refractivity contribution is 5.97. The molecule has 27 heavy (non-hydrogen) atoms. The Labute approximate surface area is 157 Å². The lowest BCUT2D eigenvalue weighted by Gasteiger charge is -2.18. The first-order valence-electron chi connectivity index (χ1n) is 8.60. The molecular weight excluding hydrogens is 348 g/mol. The third-order valence-electron chi connectivity index (χ3n) is 4.30. The Kier molecular flexibility index (Phi) is 5.80. The molecule has 1 heterocycles. The maximum atomic E-state index is 12.3. The van der Waals surface area contributed by atoms with Gasteiger partial charge in [0, 0.05) is 18.7 Å². The summed E-state index contributed by atoms with van der Waals surface area (Å²) in [5, 5.41) is 2.85. The quantitative estimate of drug-likeness (QED) is 0.807. The van der Waals surface area contributed by atoms with Crippen molar-refractivity contribution in [1.82, 2.24) is 5.32 Å². The fourth-order valence-electron chi connectivity index (χ4n) is 2.97. The van der Waals surface area contributed by atoms with Gasteiger partial charge >= 0.3 is 0 Å². The van der Waals surface area contributed by atoms with Crippen LogP contribution in [0.4, 0.5) is 5.69 Å². The summed E-state index contributed by atoms with van der Waals surface area (Å²) < 4.78 is 15.8. The van der Waals surface area contributed by atoms with Crippen molar-refractivity contribution < 1.29 is 23.8 Å². The van der Waals surface area contributed by atoms with Gasteiger partial charge in [-0.15, -0.1) is 0 Å². The maximum absolute atomic E-state index is 12.3. The van der Waals surface area contributed by atoms with Crippen LogP contribution in [0.15, 0.2) is 48.5 Å². The fraction of sp³-hybridized carbons (Fsp3) is 0.300. The average Bonchev–Trinajstić information content (AvgIpc) is 3.06. The largest absolute Gasteiger partial charge is 0.497 e. The smallest absolute Gasteiger partial charge is 0.258 e. The molecule has 3 rings (SSSR count). The lowest BCUT2D eigenvalue weighted by molar-refractivity contribution is -0.123. The first-order valence-corrected chi connectivity index (χ1v) is 8.60. The first-order chi connectivity index (χ1) is 13.1. The summed E-state index contributed by atoms with van der Waals surface area (Å²) >= 11 is 0. The molecule has 0 unspecified atom stereocenters. The van der Waals surface area contributed by atoms with Gasteiger partial charge in [0.05, 0.1) is 20.3 Å². The number of nitrogens with zero attached hydrogens (tertiary/aromatic N) is 1.